The van der Waals surface area contributed by atoms with Crippen molar-refractivity contribution in [3.63, 3.8) is 0 Å². The molecular weight excluding hydrogens is 214 g/mol. The first-order valence-electron chi connectivity index (χ1n) is 4.51. The van der Waals surface area contributed by atoms with Gasteiger partial charge in [-0.15, -0.1) is 0 Å². The largest absolute Gasteiger partial charge is 0.467 e. The lowest BCUT2D eigenvalue weighted by molar-refractivity contribution is -0.143. The molecule has 1 aromatic heterocycles. The number of nitrogens with two attached hydrogens (primary N) is 1. The normalized spacial score (nSPS) is 11.9. The highest BCUT2D eigenvalue weighted by atomic mass is 16.5. The maximum Gasteiger partial charge on any atom is 0.360 e. The van der Waals surface area contributed by atoms with Gasteiger partial charge >= 0.3 is 11.9 Å². The monoisotopic (exact) mass is 227 g/mol. The summed E-state index contributed by atoms with van der Waals surface area (Å²) >= 11 is 0. The second-order valence-electron chi connectivity index (χ2n) is 3.08. The minimum absolute atomic E-state index is 0.0155. The van der Waals surface area contributed by atoms with Crippen molar-refractivity contribution in [1.29, 1.82) is 0 Å². The smallest absolute Gasteiger partial charge is 0.360 e. The van der Waals surface area contributed by atoms with Gasteiger partial charge in [-0.05, 0) is 6.92 Å². The number of hydrogen-bond donors (Lipinski definition) is 1. The van der Waals surface area contributed by atoms with E-state index in [0.29, 0.717) is 0 Å². The minimum Gasteiger partial charge on any atom is -0.467 e. The highest BCUT2D eigenvalue weighted by Crippen LogP contribution is 2.17. The second kappa shape index (κ2) is 4.65. The highest BCUT2D eigenvalue weighted by molar-refractivity contribution is 5.92. The number of esters is 2. The number of rotatable bonds is 3. The first-order valence-corrected chi connectivity index (χ1v) is 4.51. The van der Waals surface area contributed by atoms with Crippen molar-refractivity contribution < 1.29 is 19.1 Å². The summed E-state index contributed by atoms with van der Waals surface area (Å²) in [5.41, 5.74) is 5.65. The zero-order valence-corrected chi connectivity index (χ0v) is 9.26. The fourth-order valence-corrected chi connectivity index (χ4v) is 1.22. The molecule has 1 aromatic rings. The summed E-state index contributed by atoms with van der Waals surface area (Å²) < 4.78 is 10.4. The molecule has 7 heteroatoms. The molecule has 1 unspecified atom stereocenters. The molecule has 88 valence electrons. The molecule has 0 bridgehead atoms. The number of ether oxygens (including phenoxy) is 2. The summed E-state index contributed by atoms with van der Waals surface area (Å²) in [5, 5.41) is 0. The molecule has 1 rings (SSSR count). The Morgan fingerprint density at radius 3 is 2.56 bits per heavy atom. The Bertz CT molecular complexity index is 413. The molecule has 0 fully saturated rings. The van der Waals surface area contributed by atoms with Crippen molar-refractivity contribution in [3.8, 4) is 0 Å². The van der Waals surface area contributed by atoms with Crippen molar-refractivity contribution >= 4 is 17.8 Å². The molecule has 0 aliphatic rings. The third kappa shape index (κ3) is 1.97. The number of methoxy groups -OCH3 is 2. The van der Waals surface area contributed by atoms with Crippen molar-refractivity contribution in [3.05, 3.63) is 12.0 Å². The minimum atomic E-state index is -0.645. The molecule has 0 saturated heterocycles. The molecule has 2 N–H and O–H groups in total. The van der Waals surface area contributed by atoms with Crippen LogP contribution < -0.4 is 5.73 Å². The van der Waals surface area contributed by atoms with Crippen LogP contribution in [-0.4, -0.2) is 35.7 Å². The summed E-state index contributed by atoms with van der Waals surface area (Å²) in [6.07, 6.45) is 1.29. The molecule has 0 aliphatic carbocycles. The van der Waals surface area contributed by atoms with Crippen LogP contribution in [0.5, 0.6) is 0 Å². The molecule has 16 heavy (non-hydrogen) atoms. The van der Waals surface area contributed by atoms with Gasteiger partial charge in [-0.2, -0.15) is 0 Å². The van der Waals surface area contributed by atoms with E-state index in [0.717, 1.165) is 0 Å². The average molecular weight is 227 g/mol. The standard InChI is InChI=1S/C9H13N3O4/c1-5(8(13)15-2)12-4-11-6(7(12)10)9(14)16-3/h4-5H,10H2,1-3H3. The van der Waals surface area contributed by atoms with Gasteiger partial charge in [-0.1, -0.05) is 0 Å². The summed E-state index contributed by atoms with van der Waals surface area (Å²) in [6, 6.07) is -0.643. The number of nitrogen functional groups attached to an aromatic ring is 1. The van der Waals surface area contributed by atoms with E-state index in [4.69, 9.17) is 5.73 Å². The van der Waals surface area contributed by atoms with Crippen LogP contribution in [0, 0.1) is 0 Å². The van der Waals surface area contributed by atoms with Crippen LogP contribution in [0.2, 0.25) is 0 Å². The van der Waals surface area contributed by atoms with Crippen LogP contribution in [-0.2, 0) is 14.3 Å². The Balaban J connectivity index is 3.04. The van der Waals surface area contributed by atoms with E-state index in [-0.39, 0.29) is 11.5 Å². The van der Waals surface area contributed by atoms with Crippen molar-refractivity contribution in [2.75, 3.05) is 20.0 Å². The van der Waals surface area contributed by atoms with Crippen LogP contribution in [0.1, 0.15) is 23.5 Å². The lowest BCUT2D eigenvalue weighted by atomic mass is 10.3. The Hall–Kier alpha value is -2.05. The predicted octanol–water partition coefficient (Wildman–Crippen LogP) is -0.0141. The van der Waals surface area contributed by atoms with Gasteiger partial charge in [-0.3, -0.25) is 0 Å². The predicted molar refractivity (Wildman–Crippen MR) is 54.7 cm³/mol. The summed E-state index contributed by atoms with van der Waals surface area (Å²) in [6.45, 7) is 1.59. The van der Waals surface area contributed by atoms with E-state index in [1.54, 1.807) is 6.92 Å². The Morgan fingerprint density at radius 2 is 2.06 bits per heavy atom. The topological polar surface area (TPSA) is 96.4 Å². The summed E-state index contributed by atoms with van der Waals surface area (Å²) in [5.74, 6) is -1.04. The Labute approximate surface area is 92.1 Å². The highest BCUT2D eigenvalue weighted by Gasteiger charge is 2.22. The first kappa shape index (κ1) is 12.0. The van der Waals surface area contributed by atoms with Gasteiger partial charge in [-0.25, -0.2) is 14.6 Å². The number of aromatic nitrogens is 2. The van der Waals surface area contributed by atoms with E-state index >= 15 is 0 Å². The molecule has 0 radical (unpaired) electrons. The van der Waals surface area contributed by atoms with Crippen molar-refractivity contribution in [2.24, 2.45) is 0 Å². The SMILES string of the molecule is COC(=O)c1ncn(C(C)C(=O)OC)c1N. The average Bonchev–Trinajstić information content (AvgIpc) is 2.68. The Morgan fingerprint density at radius 1 is 1.44 bits per heavy atom. The Kier molecular flexibility index (Phi) is 3.49. The number of carbonyl (C=O) groups is 2. The zero-order valence-electron chi connectivity index (χ0n) is 9.26. The van der Waals surface area contributed by atoms with Crippen molar-refractivity contribution in [2.45, 2.75) is 13.0 Å². The molecule has 1 heterocycles. The molecule has 0 aliphatic heterocycles. The van der Waals surface area contributed by atoms with Crippen molar-refractivity contribution in [1.82, 2.24) is 9.55 Å². The van der Waals surface area contributed by atoms with Gasteiger partial charge < -0.3 is 19.8 Å². The fourth-order valence-electron chi connectivity index (χ4n) is 1.22. The zero-order chi connectivity index (χ0) is 12.3. The lowest BCUT2D eigenvalue weighted by Crippen LogP contribution is -2.19. The van der Waals surface area contributed by atoms with E-state index < -0.39 is 18.0 Å². The molecule has 1 atom stereocenters. The second-order valence-corrected chi connectivity index (χ2v) is 3.08. The molecule has 0 saturated carbocycles. The first-order chi connectivity index (χ1) is 7.52. The number of anilines is 1. The van der Waals surface area contributed by atoms with Crippen LogP contribution >= 0.6 is 0 Å². The van der Waals surface area contributed by atoms with Crippen LogP contribution in [0.15, 0.2) is 6.33 Å². The maximum atomic E-state index is 11.3. The number of nitrogens with zero attached hydrogens (tertiary/aromatic N) is 2. The lowest BCUT2D eigenvalue weighted by Gasteiger charge is -2.11. The number of imidazole rings is 1. The third-order valence-corrected chi connectivity index (χ3v) is 2.17. The van der Waals surface area contributed by atoms with Gasteiger partial charge in [0.05, 0.1) is 20.5 Å². The van der Waals surface area contributed by atoms with E-state index in [1.165, 1.54) is 25.1 Å². The van der Waals surface area contributed by atoms with Crippen LogP contribution in [0.4, 0.5) is 5.82 Å². The van der Waals surface area contributed by atoms with E-state index in [9.17, 15) is 9.59 Å². The van der Waals surface area contributed by atoms with E-state index in [2.05, 4.69) is 14.5 Å². The molecule has 0 aromatic carbocycles. The van der Waals surface area contributed by atoms with Gasteiger partial charge in [0.2, 0.25) is 0 Å². The van der Waals surface area contributed by atoms with Gasteiger partial charge in [0, 0.05) is 0 Å². The molecule has 0 spiro atoms. The number of hydrogen-bond acceptors (Lipinski definition) is 6. The molecule has 0 amide bonds. The fraction of sp³-hybridized carbons (Fsp3) is 0.444. The summed E-state index contributed by atoms with van der Waals surface area (Å²) in [7, 11) is 2.50. The number of carbonyl (C=O) groups excluding carboxylic acids is 2. The maximum absolute atomic E-state index is 11.3. The van der Waals surface area contributed by atoms with Gasteiger partial charge in [0.1, 0.15) is 11.9 Å². The van der Waals surface area contributed by atoms with E-state index in [1.807, 2.05) is 0 Å². The molecular formula is C9H13N3O4. The molecule has 7 nitrogen and oxygen atoms in total. The van der Waals surface area contributed by atoms with Crippen LogP contribution in [0.3, 0.4) is 0 Å². The van der Waals surface area contributed by atoms with Gasteiger partial charge in [0.15, 0.2) is 5.69 Å². The third-order valence-electron chi connectivity index (χ3n) is 2.17. The quantitative estimate of drug-likeness (QED) is 0.729. The van der Waals surface area contributed by atoms with Crippen LogP contribution in [0.25, 0.3) is 0 Å². The summed E-state index contributed by atoms with van der Waals surface area (Å²) in [4.78, 5) is 26.3. The van der Waals surface area contributed by atoms with Gasteiger partial charge in [0.25, 0.3) is 0 Å².